The van der Waals surface area contributed by atoms with E-state index in [1.54, 1.807) is 0 Å². The van der Waals surface area contributed by atoms with Gasteiger partial charge in [-0.25, -0.2) is 4.79 Å². The van der Waals surface area contributed by atoms with E-state index in [0.29, 0.717) is 30.9 Å². The second-order valence-corrected chi connectivity index (χ2v) is 7.87. The molecule has 5 nitrogen and oxygen atoms in total. The number of carbonyl (C=O) groups is 2. The lowest BCUT2D eigenvalue weighted by Crippen LogP contribution is -2.43. The number of alkyl carbamates (subject to hydrolysis) is 1. The topological polar surface area (TPSA) is 58.6 Å². The number of piperidine rings is 1. The molecule has 1 aromatic rings. The molecule has 0 spiro atoms. The van der Waals surface area contributed by atoms with Crippen molar-refractivity contribution < 1.29 is 14.3 Å². The highest BCUT2D eigenvalue weighted by atomic mass is 35.5. The number of nitrogens with zero attached hydrogens (tertiary/aromatic N) is 1. The number of cyclic esters (lactones) is 1. The van der Waals surface area contributed by atoms with Gasteiger partial charge in [-0.2, -0.15) is 0 Å². The first-order chi connectivity index (χ1) is 12.0. The molecule has 2 saturated heterocycles. The number of hydrogen-bond acceptors (Lipinski definition) is 3. The molecule has 4 atom stereocenters. The van der Waals surface area contributed by atoms with Crippen LogP contribution in [0, 0.1) is 24.7 Å². The van der Waals surface area contributed by atoms with Crippen molar-refractivity contribution in [3.63, 3.8) is 0 Å². The fourth-order valence-electron chi connectivity index (χ4n) is 4.34. The van der Waals surface area contributed by atoms with E-state index in [-0.39, 0.29) is 11.8 Å². The molecule has 6 heteroatoms. The lowest BCUT2D eigenvalue weighted by atomic mass is 10.00. The van der Waals surface area contributed by atoms with Crippen LogP contribution in [0.15, 0.2) is 18.2 Å². The fraction of sp³-hybridized carbons (Fsp3) is 0.579. The third kappa shape index (κ3) is 3.22. The molecule has 1 unspecified atom stereocenters. The predicted octanol–water partition coefficient (Wildman–Crippen LogP) is 2.96. The molecule has 1 saturated carbocycles. The SMILES string of the molecule is Cc1ccc(C2[C@H]3CN(C(=O)[C@@H]4CCCOC(=O)NC4)C[C@@H]23)cc1Cl. The van der Waals surface area contributed by atoms with E-state index in [0.717, 1.165) is 36.5 Å². The van der Waals surface area contributed by atoms with E-state index in [1.165, 1.54) is 5.56 Å². The van der Waals surface area contributed by atoms with Crippen molar-refractivity contribution in [3.8, 4) is 0 Å². The van der Waals surface area contributed by atoms with Crippen LogP contribution in [0.5, 0.6) is 0 Å². The van der Waals surface area contributed by atoms with Crippen molar-refractivity contribution >= 4 is 23.6 Å². The molecule has 2 aliphatic heterocycles. The molecular formula is C19H23ClN2O3. The van der Waals surface area contributed by atoms with Crippen molar-refractivity contribution in [2.45, 2.75) is 25.7 Å². The van der Waals surface area contributed by atoms with Gasteiger partial charge in [-0.05, 0) is 54.7 Å². The van der Waals surface area contributed by atoms with Crippen LogP contribution >= 0.6 is 11.6 Å². The second-order valence-electron chi connectivity index (χ2n) is 7.46. The van der Waals surface area contributed by atoms with Gasteiger partial charge in [0.25, 0.3) is 0 Å². The third-order valence-electron chi connectivity index (χ3n) is 5.86. The number of benzene rings is 1. The summed E-state index contributed by atoms with van der Waals surface area (Å²) in [7, 11) is 0. The summed E-state index contributed by atoms with van der Waals surface area (Å²) in [5.41, 5.74) is 2.40. The van der Waals surface area contributed by atoms with Crippen LogP contribution in [0.25, 0.3) is 0 Å². The van der Waals surface area contributed by atoms with Crippen LogP contribution in [0.3, 0.4) is 0 Å². The normalized spacial score (nSPS) is 31.4. The third-order valence-corrected chi connectivity index (χ3v) is 6.27. The number of fused-ring (bicyclic) bond motifs is 1. The quantitative estimate of drug-likeness (QED) is 0.880. The summed E-state index contributed by atoms with van der Waals surface area (Å²) in [4.78, 5) is 26.1. The van der Waals surface area contributed by atoms with Crippen LogP contribution in [0.1, 0.15) is 29.9 Å². The van der Waals surface area contributed by atoms with Gasteiger partial charge in [-0.3, -0.25) is 4.79 Å². The highest BCUT2D eigenvalue weighted by Gasteiger charge is 2.57. The van der Waals surface area contributed by atoms with E-state index in [4.69, 9.17) is 16.3 Å². The van der Waals surface area contributed by atoms with Gasteiger partial charge in [0.15, 0.2) is 0 Å². The van der Waals surface area contributed by atoms with Gasteiger partial charge < -0.3 is 15.0 Å². The molecule has 2 heterocycles. The van der Waals surface area contributed by atoms with Crippen LogP contribution in [-0.2, 0) is 9.53 Å². The van der Waals surface area contributed by atoms with Crippen molar-refractivity contribution in [2.24, 2.45) is 17.8 Å². The number of carbonyl (C=O) groups excluding carboxylic acids is 2. The maximum Gasteiger partial charge on any atom is 0.407 e. The molecule has 0 bridgehead atoms. The van der Waals surface area contributed by atoms with Gasteiger partial charge in [0.2, 0.25) is 5.91 Å². The molecule has 3 aliphatic rings. The van der Waals surface area contributed by atoms with Gasteiger partial charge in [0.1, 0.15) is 0 Å². The number of amides is 2. The van der Waals surface area contributed by atoms with Crippen molar-refractivity contribution in [1.82, 2.24) is 10.2 Å². The zero-order valence-corrected chi connectivity index (χ0v) is 15.1. The highest BCUT2D eigenvalue weighted by Crippen LogP contribution is 2.58. The zero-order valence-electron chi connectivity index (χ0n) is 14.3. The molecule has 25 heavy (non-hydrogen) atoms. The summed E-state index contributed by atoms with van der Waals surface area (Å²) in [5.74, 6) is 1.68. The maximum atomic E-state index is 12.8. The molecule has 1 aliphatic carbocycles. The Morgan fingerprint density at radius 3 is 2.80 bits per heavy atom. The van der Waals surface area contributed by atoms with E-state index >= 15 is 0 Å². The highest BCUT2D eigenvalue weighted by molar-refractivity contribution is 6.31. The Kier molecular flexibility index (Phi) is 4.36. The molecule has 2 amide bonds. The first-order valence-electron chi connectivity index (χ1n) is 9.00. The molecule has 0 radical (unpaired) electrons. The van der Waals surface area contributed by atoms with E-state index in [1.807, 2.05) is 11.8 Å². The maximum absolute atomic E-state index is 12.8. The Morgan fingerprint density at radius 1 is 1.32 bits per heavy atom. The summed E-state index contributed by atoms with van der Waals surface area (Å²) in [6.45, 7) is 4.41. The minimum atomic E-state index is -0.418. The Bertz CT molecular complexity index is 696. The lowest BCUT2D eigenvalue weighted by Gasteiger charge is -2.27. The number of aryl methyl sites for hydroxylation is 1. The molecule has 4 rings (SSSR count). The largest absolute Gasteiger partial charge is 0.450 e. The Balaban J connectivity index is 1.36. The van der Waals surface area contributed by atoms with Crippen LogP contribution in [-0.4, -0.2) is 43.1 Å². The second kappa shape index (κ2) is 6.52. The number of rotatable bonds is 2. The van der Waals surface area contributed by atoms with Crippen LogP contribution in [0.2, 0.25) is 5.02 Å². The standard InChI is InChI=1S/C19H23ClN2O3/c1-11-4-5-12(7-16(11)20)17-14-9-22(10-15(14)17)18(23)13-3-2-6-25-19(24)21-8-13/h4-5,7,13-15,17H,2-3,6,8-10H2,1H3,(H,21,24)/t13-,14-,15+,17?/m1/s1. The van der Waals surface area contributed by atoms with Gasteiger partial charge in [0, 0.05) is 24.7 Å². The lowest BCUT2D eigenvalue weighted by molar-refractivity contribution is -0.135. The Morgan fingerprint density at radius 2 is 2.08 bits per heavy atom. The summed E-state index contributed by atoms with van der Waals surface area (Å²) in [6.07, 6.45) is 1.09. The van der Waals surface area contributed by atoms with Gasteiger partial charge in [-0.15, -0.1) is 0 Å². The number of likely N-dealkylation sites (tertiary alicyclic amines) is 1. The number of halogens is 1. The van der Waals surface area contributed by atoms with Crippen LogP contribution < -0.4 is 5.32 Å². The molecular weight excluding hydrogens is 340 g/mol. The van der Waals surface area contributed by atoms with Crippen molar-refractivity contribution in [1.29, 1.82) is 0 Å². The van der Waals surface area contributed by atoms with Crippen molar-refractivity contribution in [2.75, 3.05) is 26.2 Å². The summed E-state index contributed by atoms with van der Waals surface area (Å²) in [5, 5.41) is 3.51. The first-order valence-corrected chi connectivity index (χ1v) is 9.38. The minimum Gasteiger partial charge on any atom is -0.450 e. The first kappa shape index (κ1) is 16.7. The van der Waals surface area contributed by atoms with Gasteiger partial charge >= 0.3 is 6.09 Å². The molecule has 1 N–H and O–H groups in total. The summed E-state index contributed by atoms with van der Waals surface area (Å²) < 4.78 is 4.96. The average Bonchev–Trinajstić information content (AvgIpc) is 3.07. The average molecular weight is 363 g/mol. The fourth-order valence-corrected chi connectivity index (χ4v) is 4.53. The predicted molar refractivity (Wildman–Crippen MR) is 94.6 cm³/mol. The number of nitrogens with one attached hydrogen (secondary N) is 1. The zero-order chi connectivity index (χ0) is 17.6. The monoisotopic (exact) mass is 362 g/mol. The summed E-state index contributed by atoms with van der Waals surface area (Å²) in [6, 6.07) is 6.32. The minimum absolute atomic E-state index is 0.127. The molecule has 1 aromatic carbocycles. The number of ether oxygens (including phenoxy) is 1. The van der Waals surface area contributed by atoms with Crippen molar-refractivity contribution in [3.05, 3.63) is 34.3 Å². The summed E-state index contributed by atoms with van der Waals surface area (Å²) >= 11 is 6.25. The Hall–Kier alpha value is -1.75. The molecule has 0 aromatic heterocycles. The molecule has 134 valence electrons. The Labute approximate surface area is 152 Å². The molecule has 3 fully saturated rings. The van der Waals surface area contributed by atoms with E-state index in [9.17, 15) is 9.59 Å². The number of hydrogen-bond donors (Lipinski definition) is 1. The van der Waals surface area contributed by atoms with Gasteiger partial charge in [0.05, 0.1) is 12.5 Å². The van der Waals surface area contributed by atoms with E-state index in [2.05, 4.69) is 23.5 Å². The van der Waals surface area contributed by atoms with Gasteiger partial charge in [-0.1, -0.05) is 23.7 Å². The van der Waals surface area contributed by atoms with Crippen LogP contribution in [0.4, 0.5) is 4.79 Å². The smallest absolute Gasteiger partial charge is 0.407 e. The van der Waals surface area contributed by atoms with E-state index < -0.39 is 6.09 Å².